The maximum Gasteiger partial charge on any atom is 0.253 e. The molecule has 0 aliphatic carbocycles. The first-order valence-corrected chi connectivity index (χ1v) is 11.7. The lowest BCUT2D eigenvalue weighted by atomic mass is 9.95. The molecule has 8 heteroatoms. The molecule has 1 atom stereocenters. The Morgan fingerprint density at radius 3 is 2.59 bits per heavy atom. The molecule has 178 valence electrons. The Morgan fingerprint density at radius 2 is 1.88 bits per heavy atom. The number of aromatic nitrogens is 2. The highest BCUT2D eigenvalue weighted by atomic mass is 19.2. The first-order valence-electron chi connectivity index (χ1n) is 11.7. The lowest BCUT2D eigenvalue weighted by molar-refractivity contribution is 0.0677. The minimum absolute atomic E-state index is 0.00560. The second kappa shape index (κ2) is 9.93. The molecule has 0 spiro atoms. The number of halogens is 2. The molecule has 2 aliphatic rings. The summed E-state index contributed by atoms with van der Waals surface area (Å²) in [7, 11) is 0. The molecule has 1 amide bonds. The predicted octanol–water partition coefficient (Wildman–Crippen LogP) is 4.93. The van der Waals surface area contributed by atoms with Crippen molar-refractivity contribution in [3.63, 3.8) is 0 Å². The van der Waals surface area contributed by atoms with Crippen LogP contribution in [-0.4, -0.2) is 53.2 Å². The molecule has 1 N–H and O–H groups in total. The van der Waals surface area contributed by atoms with Gasteiger partial charge in [0, 0.05) is 36.7 Å². The van der Waals surface area contributed by atoms with Gasteiger partial charge in [-0.3, -0.25) is 4.79 Å². The molecule has 6 nitrogen and oxygen atoms in total. The highest BCUT2D eigenvalue weighted by molar-refractivity contribution is 5.94. The average molecular weight is 468 g/mol. The van der Waals surface area contributed by atoms with Gasteiger partial charge in [-0.2, -0.15) is 0 Å². The minimum Gasteiger partial charge on any atom is -0.491 e. The number of carbonyl (C=O) groups excluding carboxylic acids is 1. The van der Waals surface area contributed by atoms with E-state index in [0.29, 0.717) is 36.5 Å². The standard InChI is InChI=1S/C26H27F2N3O3/c27-22-8-5-19(14-23(22)28)24-15-29-25(30-24)17-9-11-31(12-10-17)26(32)18-3-6-20(7-4-18)34-16-21-2-1-13-33-21/h3-8,14-15,17,21H,1-2,9-13,16H2,(H,29,30). The van der Waals surface area contributed by atoms with Gasteiger partial charge in [-0.25, -0.2) is 13.8 Å². The molecule has 0 bridgehead atoms. The van der Waals surface area contributed by atoms with E-state index in [2.05, 4.69) is 9.97 Å². The Kier molecular flexibility index (Phi) is 6.58. The van der Waals surface area contributed by atoms with E-state index in [0.717, 1.165) is 56.0 Å². The van der Waals surface area contributed by atoms with Crippen molar-refractivity contribution in [3.8, 4) is 17.0 Å². The van der Waals surface area contributed by atoms with Crippen LogP contribution < -0.4 is 4.74 Å². The maximum absolute atomic E-state index is 13.6. The van der Waals surface area contributed by atoms with Crippen LogP contribution in [0.1, 0.15) is 47.8 Å². The number of imidazole rings is 1. The summed E-state index contributed by atoms with van der Waals surface area (Å²) >= 11 is 0. The van der Waals surface area contributed by atoms with E-state index >= 15 is 0 Å². The third kappa shape index (κ3) is 4.97. The lowest BCUT2D eigenvalue weighted by Gasteiger charge is -2.31. The van der Waals surface area contributed by atoms with E-state index in [-0.39, 0.29) is 17.9 Å². The molecule has 3 aromatic rings. The van der Waals surface area contributed by atoms with Gasteiger partial charge >= 0.3 is 0 Å². The zero-order valence-corrected chi connectivity index (χ0v) is 18.8. The Balaban J connectivity index is 1.15. The van der Waals surface area contributed by atoms with Crippen molar-refractivity contribution < 1.29 is 23.0 Å². The number of aromatic amines is 1. The van der Waals surface area contributed by atoms with Crippen LogP contribution in [0.3, 0.4) is 0 Å². The summed E-state index contributed by atoms with van der Waals surface area (Å²) in [4.78, 5) is 22.5. The van der Waals surface area contributed by atoms with Gasteiger partial charge in [-0.1, -0.05) is 0 Å². The molecular formula is C26H27F2N3O3. The number of hydrogen-bond acceptors (Lipinski definition) is 4. The van der Waals surface area contributed by atoms with Crippen molar-refractivity contribution in [3.05, 3.63) is 71.7 Å². The third-order valence-electron chi connectivity index (χ3n) is 6.56. The van der Waals surface area contributed by atoms with E-state index in [1.807, 2.05) is 17.0 Å². The van der Waals surface area contributed by atoms with Crippen molar-refractivity contribution in [1.82, 2.24) is 14.9 Å². The molecule has 2 aromatic carbocycles. The number of piperidine rings is 1. The summed E-state index contributed by atoms with van der Waals surface area (Å²) in [5.74, 6) is -0.0352. The smallest absolute Gasteiger partial charge is 0.253 e. The van der Waals surface area contributed by atoms with Gasteiger partial charge in [0.25, 0.3) is 5.91 Å². The Bertz CT molecular complexity index is 1130. The summed E-state index contributed by atoms with van der Waals surface area (Å²) in [5, 5.41) is 0. The fraction of sp³-hybridized carbons (Fsp3) is 0.385. The summed E-state index contributed by atoms with van der Waals surface area (Å²) in [6, 6.07) is 11.1. The summed E-state index contributed by atoms with van der Waals surface area (Å²) < 4.78 is 38.1. The Morgan fingerprint density at radius 1 is 1.09 bits per heavy atom. The third-order valence-corrected chi connectivity index (χ3v) is 6.56. The van der Waals surface area contributed by atoms with Gasteiger partial charge < -0.3 is 19.4 Å². The molecule has 1 aromatic heterocycles. The van der Waals surface area contributed by atoms with Gasteiger partial charge in [0.05, 0.1) is 18.0 Å². The number of hydrogen-bond donors (Lipinski definition) is 1. The molecule has 2 saturated heterocycles. The van der Waals surface area contributed by atoms with Crippen LogP contribution in [0, 0.1) is 11.6 Å². The van der Waals surface area contributed by atoms with E-state index in [1.54, 1.807) is 18.3 Å². The average Bonchev–Trinajstić information content (AvgIpc) is 3.57. The number of benzene rings is 2. The van der Waals surface area contributed by atoms with Crippen LogP contribution in [0.15, 0.2) is 48.7 Å². The lowest BCUT2D eigenvalue weighted by Crippen LogP contribution is -2.38. The van der Waals surface area contributed by atoms with Crippen LogP contribution in [0.5, 0.6) is 5.75 Å². The molecule has 2 fully saturated rings. The topological polar surface area (TPSA) is 67.5 Å². The predicted molar refractivity (Wildman–Crippen MR) is 123 cm³/mol. The number of rotatable bonds is 6. The zero-order valence-electron chi connectivity index (χ0n) is 18.8. The normalized spacial score (nSPS) is 18.9. The van der Waals surface area contributed by atoms with E-state index < -0.39 is 11.6 Å². The van der Waals surface area contributed by atoms with Crippen molar-refractivity contribution in [2.24, 2.45) is 0 Å². The molecule has 34 heavy (non-hydrogen) atoms. The fourth-order valence-electron chi connectivity index (χ4n) is 4.55. The number of ether oxygens (including phenoxy) is 2. The molecule has 5 rings (SSSR count). The van der Waals surface area contributed by atoms with Crippen LogP contribution in [0.4, 0.5) is 8.78 Å². The van der Waals surface area contributed by atoms with Crippen LogP contribution in [-0.2, 0) is 4.74 Å². The van der Waals surface area contributed by atoms with Gasteiger partial charge in [0.2, 0.25) is 0 Å². The number of amides is 1. The number of H-pyrrole nitrogens is 1. The summed E-state index contributed by atoms with van der Waals surface area (Å²) in [5.41, 5.74) is 1.84. The summed E-state index contributed by atoms with van der Waals surface area (Å²) in [6.07, 6.45) is 5.45. The second-order valence-corrected chi connectivity index (χ2v) is 8.85. The van der Waals surface area contributed by atoms with Crippen molar-refractivity contribution in [2.75, 3.05) is 26.3 Å². The van der Waals surface area contributed by atoms with Crippen LogP contribution >= 0.6 is 0 Å². The van der Waals surface area contributed by atoms with Crippen LogP contribution in [0.25, 0.3) is 11.3 Å². The maximum atomic E-state index is 13.6. The number of nitrogens with zero attached hydrogens (tertiary/aromatic N) is 2. The Labute approximate surface area is 196 Å². The monoisotopic (exact) mass is 467 g/mol. The van der Waals surface area contributed by atoms with Gasteiger partial charge in [-0.05, 0) is 68.1 Å². The van der Waals surface area contributed by atoms with Crippen molar-refractivity contribution in [2.45, 2.75) is 37.7 Å². The first kappa shape index (κ1) is 22.5. The second-order valence-electron chi connectivity index (χ2n) is 8.85. The number of nitrogens with one attached hydrogen (secondary N) is 1. The molecule has 1 unspecified atom stereocenters. The number of likely N-dealkylation sites (tertiary alicyclic amines) is 1. The highest BCUT2D eigenvalue weighted by Crippen LogP contribution is 2.29. The van der Waals surface area contributed by atoms with Crippen molar-refractivity contribution >= 4 is 5.91 Å². The van der Waals surface area contributed by atoms with Gasteiger partial charge in [0.15, 0.2) is 11.6 Å². The molecule has 2 aliphatic heterocycles. The summed E-state index contributed by atoms with van der Waals surface area (Å²) in [6.45, 7) is 2.59. The molecule has 0 radical (unpaired) electrons. The number of carbonyl (C=O) groups is 1. The SMILES string of the molecule is O=C(c1ccc(OCC2CCCO2)cc1)N1CCC(c2ncc(-c3ccc(F)c(F)c3)[nH]2)CC1. The largest absolute Gasteiger partial charge is 0.491 e. The highest BCUT2D eigenvalue weighted by Gasteiger charge is 2.26. The molecule has 0 saturated carbocycles. The minimum atomic E-state index is -0.886. The fourth-order valence-corrected chi connectivity index (χ4v) is 4.55. The zero-order chi connectivity index (χ0) is 23.5. The van der Waals surface area contributed by atoms with Gasteiger partial charge in [0.1, 0.15) is 18.2 Å². The van der Waals surface area contributed by atoms with E-state index in [1.165, 1.54) is 6.07 Å². The quantitative estimate of drug-likeness (QED) is 0.558. The van der Waals surface area contributed by atoms with Gasteiger partial charge in [-0.15, -0.1) is 0 Å². The van der Waals surface area contributed by atoms with Crippen LogP contribution in [0.2, 0.25) is 0 Å². The van der Waals surface area contributed by atoms with E-state index in [9.17, 15) is 13.6 Å². The molecule has 3 heterocycles. The Hall–Kier alpha value is -3.26. The molecular weight excluding hydrogens is 440 g/mol. The first-order chi connectivity index (χ1) is 16.6. The van der Waals surface area contributed by atoms with Crippen molar-refractivity contribution in [1.29, 1.82) is 0 Å². The van der Waals surface area contributed by atoms with E-state index in [4.69, 9.17) is 9.47 Å².